The molecule has 22 heavy (non-hydrogen) atoms. The molecule has 2 aliphatic rings. The van der Waals surface area contributed by atoms with Crippen molar-refractivity contribution in [1.29, 1.82) is 0 Å². The summed E-state index contributed by atoms with van der Waals surface area (Å²) in [4.78, 5) is 29.1. The van der Waals surface area contributed by atoms with Crippen LogP contribution in [0.15, 0.2) is 18.2 Å². The van der Waals surface area contributed by atoms with E-state index in [9.17, 15) is 9.59 Å². The lowest BCUT2D eigenvalue weighted by molar-refractivity contribution is -0.133. The topological polar surface area (TPSA) is 40.6 Å². The third-order valence-electron chi connectivity index (χ3n) is 4.60. The number of thioether (sulfide) groups is 1. The Morgan fingerprint density at radius 1 is 1.14 bits per heavy atom. The van der Waals surface area contributed by atoms with E-state index in [0.717, 1.165) is 31.5 Å². The van der Waals surface area contributed by atoms with Crippen molar-refractivity contribution in [3.05, 3.63) is 34.9 Å². The van der Waals surface area contributed by atoms with Crippen molar-refractivity contribution in [3.63, 3.8) is 0 Å². The summed E-state index contributed by atoms with van der Waals surface area (Å²) in [5.74, 6) is 1.42. The molecule has 2 heterocycles. The Bertz CT molecular complexity index is 596. The van der Waals surface area contributed by atoms with Crippen LogP contribution in [0, 0.1) is 13.8 Å². The van der Waals surface area contributed by atoms with Crippen LogP contribution in [0.4, 0.5) is 0 Å². The first-order valence-corrected chi connectivity index (χ1v) is 8.98. The van der Waals surface area contributed by atoms with Crippen LogP contribution in [0.25, 0.3) is 0 Å². The monoisotopic (exact) mass is 318 g/mol. The second-order valence-electron chi connectivity index (χ2n) is 6.12. The number of carbonyl (C=O) groups is 2. The molecule has 0 aliphatic carbocycles. The predicted octanol–water partition coefficient (Wildman–Crippen LogP) is 2.44. The molecule has 4 nitrogen and oxygen atoms in total. The van der Waals surface area contributed by atoms with Gasteiger partial charge >= 0.3 is 0 Å². The maximum absolute atomic E-state index is 12.8. The van der Waals surface area contributed by atoms with Crippen LogP contribution in [0.2, 0.25) is 0 Å². The van der Waals surface area contributed by atoms with Gasteiger partial charge in [0.15, 0.2) is 0 Å². The fraction of sp³-hybridized carbons (Fsp3) is 0.529. The van der Waals surface area contributed by atoms with E-state index in [1.807, 2.05) is 36.9 Å². The quantitative estimate of drug-likeness (QED) is 0.841. The van der Waals surface area contributed by atoms with Gasteiger partial charge in [-0.15, -0.1) is 11.8 Å². The molecule has 0 unspecified atom stereocenters. The fourth-order valence-electron chi connectivity index (χ4n) is 3.04. The molecule has 0 bridgehead atoms. The van der Waals surface area contributed by atoms with Gasteiger partial charge in [-0.25, -0.2) is 0 Å². The van der Waals surface area contributed by atoms with E-state index in [-0.39, 0.29) is 17.9 Å². The lowest BCUT2D eigenvalue weighted by Gasteiger charge is -2.27. The molecule has 0 N–H and O–H groups in total. The highest BCUT2D eigenvalue weighted by atomic mass is 32.2. The standard InChI is InChI=1S/C17H22N2O2S/c1-12-5-6-14(9-13(12)2)16(20)19-11-22-10-15(19)17(21)18-7-3-4-8-18/h5-6,9,15H,3-4,7-8,10-11H2,1-2H3/t15-/m0/s1. The van der Waals surface area contributed by atoms with Gasteiger partial charge in [0, 0.05) is 24.4 Å². The van der Waals surface area contributed by atoms with E-state index in [1.54, 1.807) is 16.7 Å². The van der Waals surface area contributed by atoms with E-state index >= 15 is 0 Å². The smallest absolute Gasteiger partial charge is 0.255 e. The molecule has 2 amide bonds. The summed E-state index contributed by atoms with van der Waals surface area (Å²) >= 11 is 1.67. The summed E-state index contributed by atoms with van der Waals surface area (Å²) in [6, 6.07) is 5.48. The molecule has 0 aromatic heterocycles. The van der Waals surface area contributed by atoms with Crippen molar-refractivity contribution in [1.82, 2.24) is 9.80 Å². The maximum atomic E-state index is 12.8. The van der Waals surface area contributed by atoms with Gasteiger partial charge in [-0.1, -0.05) is 6.07 Å². The van der Waals surface area contributed by atoms with Crippen LogP contribution in [0.1, 0.15) is 34.3 Å². The van der Waals surface area contributed by atoms with Gasteiger partial charge in [-0.3, -0.25) is 9.59 Å². The fourth-order valence-corrected chi connectivity index (χ4v) is 4.18. The number of amides is 2. The van der Waals surface area contributed by atoms with Gasteiger partial charge in [0.25, 0.3) is 5.91 Å². The van der Waals surface area contributed by atoms with Crippen molar-refractivity contribution in [2.45, 2.75) is 32.7 Å². The van der Waals surface area contributed by atoms with Crippen LogP contribution >= 0.6 is 11.8 Å². The maximum Gasteiger partial charge on any atom is 0.255 e. The minimum absolute atomic E-state index is 0.0225. The van der Waals surface area contributed by atoms with Gasteiger partial charge < -0.3 is 9.80 Å². The number of rotatable bonds is 2. The molecule has 5 heteroatoms. The Balaban J connectivity index is 1.78. The van der Waals surface area contributed by atoms with Gasteiger partial charge in [-0.05, 0) is 49.9 Å². The minimum atomic E-state index is -0.294. The predicted molar refractivity (Wildman–Crippen MR) is 89.0 cm³/mol. The molecule has 3 rings (SSSR count). The highest BCUT2D eigenvalue weighted by molar-refractivity contribution is 7.99. The van der Waals surface area contributed by atoms with Crippen LogP contribution < -0.4 is 0 Å². The van der Waals surface area contributed by atoms with Crippen molar-refractivity contribution >= 4 is 23.6 Å². The second kappa shape index (κ2) is 6.32. The zero-order chi connectivity index (χ0) is 15.7. The zero-order valence-corrected chi connectivity index (χ0v) is 14.0. The second-order valence-corrected chi connectivity index (χ2v) is 7.12. The van der Waals surface area contributed by atoms with Gasteiger partial charge in [0.2, 0.25) is 5.91 Å². The molecule has 1 atom stereocenters. The third kappa shape index (κ3) is 2.86. The molecule has 0 radical (unpaired) electrons. The number of hydrogen-bond donors (Lipinski definition) is 0. The average molecular weight is 318 g/mol. The van der Waals surface area contributed by atoms with E-state index in [1.165, 1.54) is 5.56 Å². The Labute approximate surface area is 135 Å². The first-order chi connectivity index (χ1) is 10.6. The molecule has 2 aliphatic heterocycles. The summed E-state index contributed by atoms with van der Waals surface area (Å²) < 4.78 is 0. The molecule has 0 spiro atoms. The first kappa shape index (κ1) is 15.4. The molecule has 1 aromatic carbocycles. The summed E-state index contributed by atoms with van der Waals surface area (Å²) in [5, 5.41) is 0. The largest absolute Gasteiger partial charge is 0.341 e. The first-order valence-electron chi connectivity index (χ1n) is 7.82. The molecular weight excluding hydrogens is 296 g/mol. The van der Waals surface area contributed by atoms with E-state index in [0.29, 0.717) is 17.2 Å². The lowest BCUT2D eigenvalue weighted by atomic mass is 10.1. The Hall–Kier alpha value is -1.49. The summed E-state index contributed by atoms with van der Waals surface area (Å²) in [6.45, 7) is 5.73. The molecule has 118 valence electrons. The highest BCUT2D eigenvalue weighted by Crippen LogP contribution is 2.26. The lowest BCUT2D eigenvalue weighted by Crippen LogP contribution is -2.48. The summed E-state index contributed by atoms with van der Waals surface area (Å²) in [6.07, 6.45) is 2.16. The number of carbonyl (C=O) groups excluding carboxylic acids is 2. The SMILES string of the molecule is Cc1ccc(C(=O)N2CSC[C@H]2C(=O)N2CCCC2)cc1C. The van der Waals surface area contributed by atoms with E-state index < -0.39 is 0 Å². The molecule has 2 fully saturated rings. The number of hydrogen-bond acceptors (Lipinski definition) is 3. The summed E-state index contributed by atoms with van der Waals surface area (Å²) in [7, 11) is 0. The third-order valence-corrected chi connectivity index (χ3v) is 5.61. The van der Waals surface area contributed by atoms with E-state index in [2.05, 4.69) is 0 Å². The van der Waals surface area contributed by atoms with E-state index in [4.69, 9.17) is 0 Å². The zero-order valence-electron chi connectivity index (χ0n) is 13.2. The molecule has 0 saturated carbocycles. The van der Waals surface area contributed by atoms with Crippen LogP contribution in [-0.2, 0) is 4.79 Å². The normalized spacial score (nSPS) is 21.5. The number of nitrogens with zero attached hydrogens (tertiary/aromatic N) is 2. The van der Waals surface area contributed by atoms with Crippen molar-refractivity contribution in [2.75, 3.05) is 24.7 Å². The molecule has 2 saturated heterocycles. The van der Waals surface area contributed by atoms with Gasteiger partial charge in [0.05, 0.1) is 5.88 Å². The van der Waals surface area contributed by atoms with Crippen molar-refractivity contribution < 1.29 is 9.59 Å². The van der Waals surface area contributed by atoms with Crippen LogP contribution in [0.5, 0.6) is 0 Å². The average Bonchev–Trinajstić information content (AvgIpc) is 3.19. The Kier molecular flexibility index (Phi) is 4.43. The molecule has 1 aromatic rings. The summed E-state index contributed by atoms with van der Waals surface area (Å²) in [5.41, 5.74) is 2.97. The van der Waals surface area contributed by atoms with Crippen molar-refractivity contribution in [2.24, 2.45) is 0 Å². The Morgan fingerprint density at radius 2 is 1.86 bits per heavy atom. The minimum Gasteiger partial charge on any atom is -0.341 e. The molecular formula is C17H22N2O2S. The van der Waals surface area contributed by atoms with Crippen molar-refractivity contribution in [3.8, 4) is 0 Å². The Morgan fingerprint density at radius 3 is 2.55 bits per heavy atom. The van der Waals surface area contributed by atoms with Crippen LogP contribution in [0.3, 0.4) is 0 Å². The van der Waals surface area contributed by atoms with Gasteiger partial charge in [-0.2, -0.15) is 0 Å². The van der Waals surface area contributed by atoms with Crippen LogP contribution in [-0.4, -0.2) is 52.4 Å². The van der Waals surface area contributed by atoms with Gasteiger partial charge in [0.1, 0.15) is 6.04 Å². The number of likely N-dealkylation sites (tertiary alicyclic amines) is 1. The highest BCUT2D eigenvalue weighted by Gasteiger charge is 2.38. The number of aryl methyl sites for hydroxylation is 2. The number of benzene rings is 1.